The number of carbonyl (C=O) groups excluding carboxylic acids is 1. The predicted octanol–water partition coefficient (Wildman–Crippen LogP) is 2.99. The minimum absolute atomic E-state index is 0.164. The van der Waals surface area contributed by atoms with Gasteiger partial charge in [-0.25, -0.2) is 18.9 Å². The number of ether oxygens (including phenoxy) is 1. The maximum Gasteiger partial charge on any atom is 0.342 e. The average molecular weight is 392 g/mol. The molecule has 0 saturated heterocycles. The molecule has 0 atom stereocenters. The summed E-state index contributed by atoms with van der Waals surface area (Å²) in [5.41, 5.74) is 2.38. The normalized spacial score (nSPS) is 11.0. The molecule has 0 fully saturated rings. The van der Waals surface area contributed by atoms with Crippen LogP contribution < -0.4 is 5.56 Å². The van der Waals surface area contributed by atoms with Crippen LogP contribution >= 0.6 is 0 Å². The summed E-state index contributed by atoms with van der Waals surface area (Å²) in [6.45, 7) is 3.37. The maximum atomic E-state index is 14.0. The molecule has 3 heterocycles. The van der Waals surface area contributed by atoms with Crippen molar-refractivity contribution in [3.8, 4) is 5.69 Å². The third-order valence-electron chi connectivity index (χ3n) is 4.52. The highest BCUT2D eigenvalue weighted by Gasteiger charge is 2.18. The number of para-hydroxylation sites is 1. The largest absolute Gasteiger partial charge is 0.455 e. The molecule has 4 rings (SSSR count). The van der Waals surface area contributed by atoms with Gasteiger partial charge in [-0.15, -0.1) is 0 Å². The molecule has 0 aliphatic heterocycles. The second kappa shape index (κ2) is 7.31. The van der Waals surface area contributed by atoms with Gasteiger partial charge in [0.1, 0.15) is 29.3 Å². The van der Waals surface area contributed by atoms with Crippen LogP contribution in [0.4, 0.5) is 4.39 Å². The fourth-order valence-corrected chi connectivity index (χ4v) is 3.03. The monoisotopic (exact) mass is 392 g/mol. The van der Waals surface area contributed by atoms with Gasteiger partial charge in [0, 0.05) is 12.3 Å². The summed E-state index contributed by atoms with van der Waals surface area (Å²) < 4.78 is 22.1. The topological polar surface area (TPSA) is 78.5 Å². The van der Waals surface area contributed by atoms with Gasteiger partial charge in [-0.05, 0) is 37.6 Å². The molecule has 0 bridgehead atoms. The quantitative estimate of drug-likeness (QED) is 0.499. The number of pyridine rings is 1. The third-order valence-corrected chi connectivity index (χ3v) is 4.52. The Morgan fingerprint density at radius 2 is 1.97 bits per heavy atom. The van der Waals surface area contributed by atoms with Gasteiger partial charge in [-0.3, -0.25) is 9.20 Å². The molecule has 0 aliphatic rings. The van der Waals surface area contributed by atoms with Gasteiger partial charge in [0.05, 0.1) is 17.6 Å². The van der Waals surface area contributed by atoms with Crippen molar-refractivity contribution in [3.63, 3.8) is 0 Å². The zero-order valence-corrected chi connectivity index (χ0v) is 15.8. The maximum absolute atomic E-state index is 14.0. The van der Waals surface area contributed by atoms with Crippen molar-refractivity contribution in [2.75, 3.05) is 0 Å². The van der Waals surface area contributed by atoms with Crippen LogP contribution in [0.5, 0.6) is 0 Å². The Bertz CT molecular complexity index is 1290. The Morgan fingerprint density at radius 3 is 2.76 bits per heavy atom. The van der Waals surface area contributed by atoms with E-state index in [0.717, 1.165) is 5.56 Å². The molecule has 0 saturated carbocycles. The van der Waals surface area contributed by atoms with E-state index in [4.69, 9.17) is 4.74 Å². The molecule has 3 aromatic heterocycles. The summed E-state index contributed by atoms with van der Waals surface area (Å²) in [5, 5.41) is 4.09. The number of esters is 1. The van der Waals surface area contributed by atoms with Crippen molar-refractivity contribution < 1.29 is 13.9 Å². The van der Waals surface area contributed by atoms with E-state index in [-0.39, 0.29) is 23.4 Å². The second-order valence-electron chi connectivity index (χ2n) is 6.60. The summed E-state index contributed by atoms with van der Waals surface area (Å²) in [6, 6.07) is 11.0. The van der Waals surface area contributed by atoms with Crippen molar-refractivity contribution in [2.24, 2.45) is 0 Å². The Balaban J connectivity index is 1.55. The lowest BCUT2D eigenvalue weighted by molar-refractivity contribution is 0.0467. The standard InChI is InChI=1S/C21H17FN4O3/c1-13-7-8-19-24-15(9-20(27)25(19)11-13)12-29-21(28)16-10-23-26(14(16)2)18-6-4-3-5-17(18)22/h3-11H,12H2,1-2H3. The van der Waals surface area contributed by atoms with Crippen LogP contribution in [-0.4, -0.2) is 25.1 Å². The fourth-order valence-electron chi connectivity index (χ4n) is 3.03. The van der Waals surface area contributed by atoms with Crippen molar-refractivity contribution in [1.82, 2.24) is 19.2 Å². The molecule has 0 unspecified atom stereocenters. The third kappa shape index (κ3) is 3.52. The molecule has 0 N–H and O–H groups in total. The lowest BCUT2D eigenvalue weighted by Gasteiger charge is -2.08. The van der Waals surface area contributed by atoms with Crippen molar-refractivity contribution in [2.45, 2.75) is 20.5 Å². The molecule has 0 spiro atoms. The van der Waals surface area contributed by atoms with E-state index in [1.165, 1.54) is 27.4 Å². The molecular formula is C21H17FN4O3. The van der Waals surface area contributed by atoms with Crippen molar-refractivity contribution in [3.05, 3.63) is 93.5 Å². The van der Waals surface area contributed by atoms with E-state index in [2.05, 4.69) is 10.1 Å². The molecule has 0 radical (unpaired) electrons. The van der Waals surface area contributed by atoms with E-state index in [9.17, 15) is 14.0 Å². The predicted molar refractivity (Wildman–Crippen MR) is 104 cm³/mol. The van der Waals surface area contributed by atoms with Gasteiger partial charge in [-0.1, -0.05) is 18.2 Å². The second-order valence-corrected chi connectivity index (χ2v) is 6.60. The molecule has 1 aromatic carbocycles. The van der Waals surface area contributed by atoms with Crippen LogP contribution in [-0.2, 0) is 11.3 Å². The first-order chi connectivity index (χ1) is 13.9. The smallest absolute Gasteiger partial charge is 0.342 e. The molecule has 7 nitrogen and oxygen atoms in total. The highest BCUT2D eigenvalue weighted by molar-refractivity contribution is 5.90. The van der Waals surface area contributed by atoms with Crippen LogP contribution in [0.1, 0.15) is 27.3 Å². The Morgan fingerprint density at radius 1 is 1.17 bits per heavy atom. The summed E-state index contributed by atoms with van der Waals surface area (Å²) in [5.74, 6) is -1.08. The summed E-state index contributed by atoms with van der Waals surface area (Å²) in [7, 11) is 0. The zero-order chi connectivity index (χ0) is 20.5. The number of rotatable bonds is 4. The summed E-state index contributed by atoms with van der Waals surface area (Å²) in [4.78, 5) is 29.1. The summed E-state index contributed by atoms with van der Waals surface area (Å²) >= 11 is 0. The van der Waals surface area contributed by atoms with Crippen LogP contribution in [0.2, 0.25) is 0 Å². The number of hydrogen-bond donors (Lipinski definition) is 0. The number of fused-ring (bicyclic) bond motifs is 1. The van der Waals surface area contributed by atoms with Crippen LogP contribution in [0.25, 0.3) is 11.3 Å². The van der Waals surface area contributed by atoms with Gasteiger partial charge < -0.3 is 4.74 Å². The van der Waals surface area contributed by atoms with E-state index in [1.807, 2.05) is 13.0 Å². The number of hydrogen-bond acceptors (Lipinski definition) is 5. The molecule has 8 heteroatoms. The zero-order valence-electron chi connectivity index (χ0n) is 15.8. The first-order valence-corrected chi connectivity index (χ1v) is 8.89. The van der Waals surface area contributed by atoms with Gasteiger partial charge in [0.2, 0.25) is 0 Å². The minimum Gasteiger partial charge on any atom is -0.455 e. The average Bonchev–Trinajstić information content (AvgIpc) is 3.08. The molecule has 0 aliphatic carbocycles. The minimum atomic E-state index is -0.629. The Hall–Kier alpha value is -3.81. The van der Waals surface area contributed by atoms with Crippen molar-refractivity contribution in [1.29, 1.82) is 0 Å². The number of halogens is 1. The number of carbonyl (C=O) groups is 1. The number of aryl methyl sites for hydroxylation is 1. The fraction of sp³-hybridized carbons (Fsp3) is 0.143. The molecular weight excluding hydrogens is 375 g/mol. The van der Waals surface area contributed by atoms with E-state index in [0.29, 0.717) is 17.0 Å². The first kappa shape index (κ1) is 18.5. The molecule has 146 valence electrons. The molecule has 4 aromatic rings. The number of nitrogens with zero attached hydrogens (tertiary/aromatic N) is 4. The van der Waals surface area contributed by atoms with Crippen LogP contribution in [0, 0.1) is 19.7 Å². The SMILES string of the molecule is Cc1ccc2nc(COC(=O)c3cnn(-c4ccccc4F)c3C)cc(=O)n2c1. The molecule has 29 heavy (non-hydrogen) atoms. The number of aromatic nitrogens is 4. The lowest BCUT2D eigenvalue weighted by atomic mass is 10.2. The van der Waals surface area contributed by atoms with E-state index < -0.39 is 11.8 Å². The Kier molecular flexibility index (Phi) is 4.67. The first-order valence-electron chi connectivity index (χ1n) is 8.89. The van der Waals surface area contributed by atoms with E-state index >= 15 is 0 Å². The lowest BCUT2D eigenvalue weighted by Crippen LogP contribution is -2.17. The van der Waals surface area contributed by atoms with Gasteiger partial charge in [0.25, 0.3) is 5.56 Å². The summed E-state index contributed by atoms with van der Waals surface area (Å²) in [6.07, 6.45) is 3.02. The van der Waals surface area contributed by atoms with E-state index in [1.54, 1.807) is 37.4 Å². The van der Waals surface area contributed by atoms with Crippen LogP contribution in [0.15, 0.2) is 59.7 Å². The van der Waals surface area contributed by atoms with Crippen LogP contribution in [0.3, 0.4) is 0 Å². The van der Waals surface area contributed by atoms with Gasteiger partial charge >= 0.3 is 5.97 Å². The van der Waals surface area contributed by atoms with Gasteiger partial charge in [-0.2, -0.15) is 5.10 Å². The van der Waals surface area contributed by atoms with Gasteiger partial charge in [0.15, 0.2) is 0 Å². The number of benzene rings is 1. The molecule has 0 amide bonds. The highest BCUT2D eigenvalue weighted by Crippen LogP contribution is 2.18. The van der Waals surface area contributed by atoms with Crippen molar-refractivity contribution >= 4 is 11.6 Å². The highest BCUT2D eigenvalue weighted by atomic mass is 19.1. The Labute approximate surface area is 165 Å².